The van der Waals surface area contributed by atoms with E-state index in [0.717, 1.165) is 27.6 Å². The number of anilines is 1. The number of nitrogens with zero attached hydrogens (tertiary/aromatic N) is 2. The summed E-state index contributed by atoms with van der Waals surface area (Å²) < 4.78 is 6.61. The van der Waals surface area contributed by atoms with Crippen molar-refractivity contribution in [1.82, 2.24) is 9.47 Å². The summed E-state index contributed by atoms with van der Waals surface area (Å²) in [6.45, 7) is 1.43. The Bertz CT molecular complexity index is 1320. The van der Waals surface area contributed by atoms with E-state index in [1.54, 1.807) is 48.0 Å². The first-order valence-electron chi connectivity index (χ1n) is 10.4. The molecule has 3 amide bonds. The molecule has 0 saturated carbocycles. The smallest absolute Gasteiger partial charge is 0.326 e. The molecule has 174 valence electrons. The zero-order valence-corrected chi connectivity index (χ0v) is 19.7. The standard InChI is InChI=1S/C24H20ClN3O5S/c1-2-33-22(30)14-28-23(31)20(34-24(28)32)11-15-12-27(19-6-4-3-5-18(15)19)13-21(29)26-17-9-7-16(25)8-10-17/h3-12H,2,13-14H2,1H3,(H,26,29)/b20-11+. The Morgan fingerprint density at radius 1 is 1.09 bits per heavy atom. The number of esters is 1. The van der Waals surface area contributed by atoms with Crippen LogP contribution in [0.2, 0.25) is 5.02 Å². The largest absolute Gasteiger partial charge is 0.465 e. The molecule has 0 bridgehead atoms. The topological polar surface area (TPSA) is 97.7 Å². The van der Waals surface area contributed by atoms with Crippen molar-refractivity contribution < 1.29 is 23.9 Å². The normalized spacial score (nSPS) is 14.8. The van der Waals surface area contributed by atoms with E-state index in [2.05, 4.69) is 5.32 Å². The van der Waals surface area contributed by atoms with Crippen molar-refractivity contribution in [3.05, 3.63) is 70.2 Å². The van der Waals surface area contributed by atoms with Crippen LogP contribution in [0.15, 0.2) is 59.6 Å². The van der Waals surface area contributed by atoms with Gasteiger partial charge < -0.3 is 14.6 Å². The number of carbonyl (C=O) groups is 4. The molecule has 1 N–H and O–H groups in total. The second-order valence-electron chi connectivity index (χ2n) is 7.36. The number of imide groups is 1. The van der Waals surface area contributed by atoms with Crippen molar-refractivity contribution in [2.45, 2.75) is 13.5 Å². The molecule has 2 aromatic carbocycles. The van der Waals surface area contributed by atoms with Gasteiger partial charge >= 0.3 is 5.97 Å². The van der Waals surface area contributed by atoms with Gasteiger partial charge in [0, 0.05) is 33.4 Å². The molecule has 2 heterocycles. The van der Waals surface area contributed by atoms with Crippen LogP contribution in [0.5, 0.6) is 0 Å². The lowest BCUT2D eigenvalue weighted by molar-refractivity contribution is -0.146. The van der Waals surface area contributed by atoms with Crippen LogP contribution in [0.1, 0.15) is 12.5 Å². The summed E-state index contributed by atoms with van der Waals surface area (Å²) in [6.07, 6.45) is 3.36. The number of aromatic nitrogens is 1. The van der Waals surface area contributed by atoms with Crippen LogP contribution in [-0.4, -0.2) is 45.6 Å². The molecule has 10 heteroatoms. The predicted molar refractivity (Wildman–Crippen MR) is 131 cm³/mol. The van der Waals surface area contributed by atoms with E-state index < -0.39 is 23.7 Å². The van der Waals surface area contributed by atoms with Gasteiger partial charge in [-0.3, -0.25) is 24.1 Å². The lowest BCUT2D eigenvalue weighted by atomic mass is 10.1. The summed E-state index contributed by atoms with van der Waals surface area (Å²) in [5.74, 6) is -1.43. The van der Waals surface area contributed by atoms with Crippen molar-refractivity contribution in [1.29, 1.82) is 0 Å². The molecule has 0 atom stereocenters. The fraction of sp³-hybridized carbons (Fsp3) is 0.167. The first-order valence-corrected chi connectivity index (χ1v) is 11.6. The van der Waals surface area contributed by atoms with Crippen LogP contribution in [-0.2, 0) is 25.7 Å². The minimum atomic E-state index is -0.644. The Labute approximate surface area is 204 Å². The van der Waals surface area contributed by atoms with E-state index in [1.807, 2.05) is 24.3 Å². The molecule has 1 fully saturated rings. The molecule has 1 saturated heterocycles. The minimum absolute atomic E-state index is 0.0430. The van der Waals surface area contributed by atoms with Gasteiger partial charge in [-0.15, -0.1) is 0 Å². The fourth-order valence-corrected chi connectivity index (χ4v) is 4.48. The van der Waals surface area contributed by atoms with Crippen molar-refractivity contribution >= 4 is 69.1 Å². The first-order chi connectivity index (χ1) is 16.4. The fourth-order valence-electron chi connectivity index (χ4n) is 3.52. The highest BCUT2D eigenvalue weighted by molar-refractivity contribution is 8.18. The summed E-state index contributed by atoms with van der Waals surface area (Å²) >= 11 is 6.65. The number of hydrogen-bond acceptors (Lipinski definition) is 6. The number of ether oxygens (including phenoxy) is 1. The van der Waals surface area contributed by atoms with Crippen LogP contribution in [0.4, 0.5) is 10.5 Å². The third-order valence-corrected chi connectivity index (χ3v) is 6.17. The van der Waals surface area contributed by atoms with Crippen LogP contribution in [0, 0.1) is 0 Å². The number of halogens is 1. The molecule has 1 aliphatic rings. The van der Waals surface area contributed by atoms with Crippen molar-refractivity contribution in [3.63, 3.8) is 0 Å². The second-order valence-corrected chi connectivity index (χ2v) is 8.79. The number of nitrogens with one attached hydrogen (secondary N) is 1. The molecule has 0 aliphatic carbocycles. The lowest BCUT2D eigenvalue weighted by Crippen LogP contribution is -2.34. The van der Waals surface area contributed by atoms with Crippen LogP contribution in [0.25, 0.3) is 17.0 Å². The average molecular weight is 498 g/mol. The van der Waals surface area contributed by atoms with E-state index in [4.69, 9.17) is 16.3 Å². The van der Waals surface area contributed by atoms with Gasteiger partial charge in [-0.05, 0) is 55.1 Å². The van der Waals surface area contributed by atoms with Crippen molar-refractivity contribution in [3.8, 4) is 0 Å². The minimum Gasteiger partial charge on any atom is -0.465 e. The van der Waals surface area contributed by atoms with Gasteiger partial charge in [0.15, 0.2) is 0 Å². The number of para-hydroxylation sites is 1. The van der Waals surface area contributed by atoms with E-state index in [1.165, 1.54) is 0 Å². The van der Waals surface area contributed by atoms with Crippen LogP contribution < -0.4 is 5.32 Å². The highest BCUT2D eigenvalue weighted by Crippen LogP contribution is 2.34. The highest BCUT2D eigenvalue weighted by Gasteiger charge is 2.36. The maximum absolute atomic E-state index is 12.7. The Morgan fingerprint density at radius 2 is 1.82 bits per heavy atom. The number of carbonyl (C=O) groups excluding carboxylic acids is 4. The molecule has 4 rings (SSSR count). The van der Waals surface area contributed by atoms with Gasteiger partial charge in [-0.25, -0.2) is 0 Å². The Balaban J connectivity index is 1.57. The van der Waals surface area contributed by atoms with Gasteiger partial charge in [0.25, 0.3) is 11.1 Å². The SMILES string of the molecule is CCOC(=O)CN1C(=O)S/C(=C/c2cn(CC(=O)Nc3ccc(Cl)cc3)c3ccccc23)C1=O. The van der Waals surface area contributed by atoms with Gasteiger partial charge in [0.2, 0.25) is 5.91 Å². The van der Waals surface area contributed by atoms with Crippen molar-refractivity contribution in [2.24, 2.45) is 0 Å². The zero-order valence-electron chi connectivity index (χ0n) is 18.1. The monoisotopic (exact) mass is 497 g/mol. The van der Waals surface area contributed by atoms with Gasteiger partial charge in [0.05, 0.1) is 11.5 Å². The van der Waals surface area contributed by atoms with E-state index >= 15 is 0 Å². The van der Waals surface area contributed by atoms with Gasteiger partial charge in [-0.1, -0.05) is 29.8 Å². The molecule has 0 radical (unpaired) electrons. The number of hydrogen-bond donors (Lipinski definition) is 1. The maximum Gasteiger partial charge on any atom is 0.326 e. The lowest BCUT2D eigenvalue weighted by Gasteiger charge is -2.10. The number of rotatable bonds is 7. The number of benzene rings is 2. The summed E-state index contributed by atoms with van der Waals surface area (Å²) in [5.41, 5.74) is 2.10. The predicted octanol–water partition coefficient (Wildman–Crippen LogP) is 4.53. The summed E-state index contributed by atoms with van der Waals surface area (Å²) in [4.78, 5) is 50.5. The highest BCUT2D eigenvalue weighted by atomic mass is 35.5. The first kappa shape index (κ1) is 23.6. The van der Waals surface area contributed by atoms with Crippen molar-refractivity contribution in [2.75, 3.05) is 18.5 Å². The van der Waals surface area contributed by atoms with Gasteiger partial charge in [0.1, 0.15) is 13.1 Å². The Kier molecular flexibility index (Phi) is 7.04. The van der Waals surface area contributed by atoms with Gasteiger partial charge in [-0.2, -0.15) is 0 Å². The molecule has 1 aromatic heterocycles. The quantitative estimate of drug-likeness (QED) is 0.380. The van der Waals surface area contributed by atoms with E-state index in [0.29, 0.717) is 16.3 Å². The number of fused-ring (bicyclic) bond motifs is 1. The molecule has 0 unspecified atom stereocenters. The summed E-state index contributed by atoms with van der Waals surface area (Å²) in [6, 6.07) is 14.3. The summed E-state index contributed by atoms with van der Waals surface area (Å²) in [7, 11) is 0. The molecule has 3 aromatic rings. The molecule has 0 spiro atoms. The number of amides is 3. The van der Waals surface area contributed by atoms with E-state index in [9.17, 15) is 19.2 Å². The average Bonchev–Trinajstić information content (AvgIpc) is 3.27. The molecular formula is C24H20ClN3O5S. The van der Waals surface area contributed by atoms with Crippen LogP contribution >= 0.6 is 23.4 Å². The maximum atomic E-state index is 12.7. The zero-order chi connectivity index (χ0) is 24.2. The molecule has 8 nitrogen and oxygen atoms in total. The van der Waals surface area contributed by atoms with Crippen LogP contribution in [0.3, 0.4) is 0 Å². The third kappa shape index (κ3) is 5.16. The molecule has 1 aliphatic heterocycles. The van der Waals surface area contributed by atoms with E-state index in [-0.39, 0.29) is 24.0 Å². The number of thioether (sulfide) groups is 1. The summed E-state index contributed by atoms with van der Waals surface area (Å²) in [5, 5.41) is 3.69. The molecule has 34 heavy (non-hydrogen) atoms. The second kappa shape index (κ2) is 10.1. The third-order valence-electron chi connectivity index (χ3n) is 5.01. The molecular weight excluding hydrogens is 478 g/mol. The Morgan fingerprint density at radius 3 is 2.56 bits per heavy atom. The Hall–Kier alpha value is -3.56.